The Labute approximate surface area is 202 Å². The van der Waals surface area contributed by atoms with E-state index in [1.807, 2.05) is 13.8 Å². The molecule has 5 nitrogen and oxygen atoms in total. The molecule has 1 fully saturated rings. The molecule has 1 aliphatic heterocycles. The number of ketones is 1. The van der Waals surface area contributed by atoms with Crippen LogP contribution in [0.2, 0.25) is 5.02 Å². The van der Waals surface area contributed by atoms with Crippen molar-refractivity contribution in [2.75, 3.05) is 11.5 Å². The number of halogens is 2. The number of nitrogens with zero attached hydrogens (tertiary/aromatic N) is 1. The van der Waals surface area contributed by atoms with Crippen LogP contribution in [0.3, 0.4) is 0 Å². The van der Waals surface area contributed by atoms with Crippen LogP contribution in [0, 0.1) is 12.7 Å². The Kier molecular flexibility index (Phi) is 6.70. The van der Waals surface area contributed by atoms with Gasteiger partial charge in [-0.1, -0.05) is 30.7 Å². The van der Waals surface area contributed by atoms with Gasteiger partial charge in [0, 0.05) is 16.3 Å². The molecule has 3 aromatic rings. The minimum absolute atomic E-state index is 0.0758. The molecule has 0 radical (unpaired) electrons. The normalized spacial score (nSPS) is 17.3. The zero-order valence-electron chi connectivity index (χ0n) is 18.7. The van der Waals surface area contributed by atoms with Crippen LogP contribution in [-0.4, -0.2) is 23.4 Å². The molecule has 0 bridgehead atoms. The van der Waals surface area contributed by atoms with Gasteiger partial charge in [-0.25, -0.2) is 4.39 Å². The van der Waals surface area contributed by atoms with Gasteiger partial charge in [-0.2, -0.15) is 0 Å². The lowest BCUT2D eigenvalue weighted by Gasteiger charge is -2.25. The molecule has 7 heteroatoms. The van der Waals surface area contributed by atoms with Gasteiger partial charge in [-0.3, -0.25) is 14.5 Å². The Hall–Kier alpha value is -3.64. The summed E-state index contributed by atoms with van der Waals surface area (Å²) in [6.07, 6.45) is 0.854. The van der Waals surface area contributed by atoms with E-state index in [-0.39, 0.29) is 11.3 Å². The van der Waals surface area contributed by atoms with E-state index in [9.17, 15) is 19.1 Å². The summed E-state index contributed by atoms with van der Waals surface area (Å²) in [5, 5.41) is 11.7. The van der Waals surface area contributed by atoms with E-state index in [1.54, 1.807) is 42.5 Å². The van der Waals surface area contributed by atoms with Crippen molar-refractivity contribution in [2.24, 2.45) is 0 Å². The first-order valence-electron chi connectivity index (χ1n) is 10.9. The second-order valence-corrected chi connectivity index (χ2v) is 8.46. The minimum Gasteiger partial charge on any atom is -0.507 e. The third-order valence-electron chi connectivity index (χ3n) is 5.65. The van der Waals surface area contributed by atoms with Crippen molar-refractivity contribution in [3.8, 4) is 5.75 Å². The van der Waals surface area contributed by atoms with Crippen LogP contribution >= 0.6 is 11.6 Å². The fourth-order valence-electron chi connectivity index (χ4n) is 3.99. The van der Waals surface area contributed by atoms with Crippen molar-refractivity contribution < 1.29 is 23.8 Å². The van der Waals surface area contributed by atoms with E-state index in [2.05, 4.69) is 0 Å². The first kappa shape index (κ1) is 23.5. The molecule has 3 aromatic carbocycles. The van der Waals surface area contributed by atoms with Gasteiger partial charge in [-0.15, -0.1) is 0 Å². The molecule has 34 heavy (non-hydrogen) atoms. The van der Waals surface area contributed by atoms with Crippen LogP contribution in [0.15, 0.2) is 72.3 Å². The number of ether oxygens (including phenoxy) is 1. The number of carbonyl (C=O) groups is 2. The molecule has 174 valence electrons. The van der Waals surface area contributed by atoms with Crippen LogP contribution in [0.5, 0.6) is 5.75 Å². The number of amides is 1. The second-order valence-electron chi connectivity index (χ2n) is 8.03. The first-order chi connectivity index (χ1) is 16.3. The maximum atomic E-state index is 13.6. The highest BCUT2D eigenvalue weighted by molar-refractivity contribution is 6.51. The summed E-state index contributed by atoms with van der Waals surface area (Å²) in [6.45, 7) is 4.40. The zero-order chi connectivity index (χ0) is 24.4. The molecular weight excluding hydrogens is 457 g/mol. The number of hydrogen-bond acceptors (Lipinski definition) is 4. The Bertz CT molecular complexity index is 1270. The third-order valence-corrected chi connectivity index (χ3v) is 5.90. The molecule has 1 aliphatic rings. The predicted octanol–water partition coefficient (Wildman–Crippen LogP) is 6.20. The number of benzene rings is 3. The summed E-state index contributed by atoms with van der Waals surface area (Å²) in [5.74, 6) is -1.71. The molecule has 0 aliphatic carbocycles. The number of aliphatic hydroxyl groups is 1. The van der Waals surface area contributed by atoms with Gasteiger partial charge >= 0.3 is 0 Å². The SMILES string of the molecule is CCCOc1ccc(/C(O)=C2/C(=O)C(=O)N(c3ccc(Cl)cc3)C2c2ccc(F)cc2)cc1C. The third kappa shape index (κ3) is 4.41. The zero-order valence-corrected chi connectivity index (χ0v) is 19.5. The van der Waals surface area contributed by atoms with Gasteiger partial charge in [0.25, 0.3) is 11.7 Å². The number of Topliss-reactive ketones (excluding diaryl/α,β-unsaturated/α-hetero) is 1. The standard InChI is InChI=1S/C27H23ClFNO4/c1-3-14-34-22-13-6-18(15-16(22)2)25(31)23-24(17-4-9-20(29)10-5-17)30(27(33)26(23)32)21-11-7-19(28)8-12-21/h4-13,15,24,31H,3,14H2,1-2H3/b25-23-. The molecule has 1 amide bonds. The Morgan fingerprint density at radius 3 is 2.35 bits per heavy atom. The summed E-state index contributed by atoms with van der Waals surface area (Å²) >= 11 is 6.00. The number of anilines is 1. The van der Waals surface area contributed by atoms with Gasteiger partial charge in [0.1, 0.15) is 17.3 Å². The summed E-state index contributed by atoms with van der Waals surface area (Å²) in [6, 6.07) is 16.1. The average molecular weight is 480 g/mol. The van der Waals surface area contributed by atoms with Gasteiger partial charge in [0.15, 0.2) is 0 Å². The van der Waals surface area contributed by atoms with Crippen LogP contribution < -0.4 is 9.64 Å². The maximum absolute atomic E-state index is 13.6. The van der Waals surface area contributed by atoms with Crippen LogP contribution in [0.25, 0.3) is 5.76 Å². The van der Waals surface area contributed by atoms with Crippen LogP contribution in [0.4, 0.5) is 10.1 Å². The second kappa shape index (κ2) is 9.69. The molecule has 0 spiro atoms. The van der Waals surface area contributed by atoms with E-state index < -0.39 is 23.5 Å². The van der Waals surface area contributed by atoms with Crippen molar-refractivity contribution >= 4 is 34.7 Å². The molecule has 1 saturated heterocycles. The highest BCUT2D eigenvalue weighted by atomic mass is 35.5. The Balaban J connectivity index is 1.87. The summed E-state index contributed by atoms with van der Waals surface area (Å²) in [7, 11) is 0. The van der Waals surface area contributed by atoms with Crippen molar-refractivity contribution in [3.05, 3.63) is 99.8 Å². The lowest BCUT2D eigenvalue weighted by molar-refractivity contribution is -0.132. The molecule has 0 aromatic heterocycles. The van der Waals surface area contributed by atoms with Crippen LogP contribution in [0.1, 0.15) is 36.1 Å². The van der Waals surface area contributed by atoms with E-state index >= 15 is 0 Å². The fraction of sp³-hybridized carbons (Fsp3) is 0.185. The fourth-order valence-corrected chi connectivity index (χ4v) is 4.11. The van der Waals surface area contributed by atoms with Crippen molar-refractivity contribution in [3.63, 3.8) is 0 Å². The number of aliphatic hydroxyl groups excluding tert-OH is 1. The maximum Gasteiger partial charge on any atom is 0.300 e. The molecule has 1 heterocycles. The van der Waals surface area contributed by atoms with E-state index in [0.29, 0.717) is 34.2 Å². The number of hydrogen-bond donors (Lipinski definition) is 1. The largest absolute Gasteiger partial charge is 0.507 e. The number of rotatable bonds is 6. The minimum atomic E-state index is -0.946. The Morgan fingerprint density at radius 2 is 1.74 bits per heavy atom. The number of aryl methyl sites for hydroxylation is 1. The van der Waals surface area contributed by atoms with Gasteiger partial charge < -0.3 is 9.84 Å². The van der Waals surface area contributed by atoms with Crippen molar-refractivity contribution in [2.45, 2.75) is 26.3 Å². The smallest absolute Gasteiger partial charge is 0.300 e. The van der Waals surface area contributed by atoms with Gasteiger partial charge in [0.05, 0.1) is 18.2 Å². The lowest BCUT2D eigenvalue weighted by Crippen LogP contribution is -2.29. The average Bonchev–Trinajstić information content (AvgIpc) is 3.09. The summed E-state index contributed by atoms with van der Waals surface area (Å²) in [5.41, 5.74) is 2.00. The van der Waals surface area contributed by atoms with Gasteiger partial charge in [0.2, 0.25) is 0 Å². The Morgan fingerprint density at radius 1 is 1.06 bits per heavy atom. The topological polar surface area (TPSA) is 66.8 Å². The highest BCUT2D eigenvalue weighted by Crippen LogP contribution is 2.42. The molecule has 1 unspecified atom stereocenters. The number of carbonyl (C=O) groups excluding carboxylic acids is 2. The molecule has 1 N–H and O–H groups in total. The summed E-state index contributed by atoms with van der Waals surface area (Å²) in [4.78, 5) is 27.6. The first-order valence-corrected chi connectivity index (χ1v) is 11.3. The molecule has 0 saturated carbocycles. The van der Waals surface area contributed by atoms with Crippen molar-refractivity contribution in [1.29, 1.82) is 0 Å². The quantitative estimate of drug-likeness (QED) is 0.259. The molecular formula is C27H23ClFNO4. The van der Waals surface area contributed by atoms with Crippen molar-refractivity contribution in [1.82, 2.24) is 0 Å². The molecule has 4 rings (SSSR count). The predicted molar refractivity (Wildman–Crippen MR) is 130 cm³/mol. The monoisotopic (exact) mass is 479 g/mol. The van der Waals surface area contributed by atoms with E-state index in [0.717, 1.165) is 12.0 Å². The molecule has 1 atom stereocenters. The van der Waals surface area contributed by atoms with E-state index in [4.69, 9.17) is 16.3 Å². The highest BCUT2D eigenvalue weighted by Gasteiger charge is 2.47. The van der Waals surface area contributed by atoms with Crippen LogP contribution in [-0.2, 0) is 9.59 Å². The van der Waals surface area contributed by atoms with E-state index in [1.165, 1.54) is 29.2 Å². The lowest BCUT2D eigenvalue weighted by atomic mass is 9.94. The van der Waals surface area contributed by atoms with Gasteiger partial charge in [-0.05, 0) is 79.1 Å². The summed E-state index contributed by atoms with van der Waals surface area (Å²) < 4.78 is 19.3.